The maximum absolute atomic E-state index is 12.3. The molecule has 120 valence electrons. The van der Waals surface area contributed by atoms with Gasteiger partial charge in [0.05, 0.1) is 12.5 Å². The number of rotatable bonds is 6. The molecule has 0 spiro atoms. The highest BCUT2D eigenvalue weighted by Crippen LogP contribution is 2.16. The van der Waals surface area contributed by atoms with Gasteiger partial charge in [-0.05, 0) is 32.0 Å². The Morgan fingerprint density at radius 3 is 3.00 bits per heavy atom. The highest BCUT2D eigenvalue weighted by atomic mass is 16.2. The van der Waals surface area contributed by atoms with E-state index in [1.165, 1.54) is 0 Å². The number of amides is 2. The highest BCUT2D eigenvalue weighted by molar-refractivity contribution is 5.82. The summed E-state index contributed by atoms with van der Waals surface area (Å²) in [4.78, 5) is 32.0. The second kappa shape index (κ2) is 7.89. The van der Waals surface area contributed by atoms with E-state index in [4.69, 9.17) is 0 Å². The van der Waals surface area contributed by atoms with E-state index in [-0.39, 0.29) is 17.7 Å². The first kappa shape index (κ1) is 16.4. The first-order chi connectivity index (χ1) is 10.6. The second-order valence-corrected chi connectivity index (χ2v) is 5.75. The molecule has 6 heteroatoms. The molecule has 0 bridgehead atoms. The van der Waals surface area contributed by atoms with E-state index in [2.05, 4.69) is 10.3 Å². The van der Waals surface area contributed by atoms with Crippen molar-refractivity contribution in [3.8, 4) is 0 Å². The zero-order valence-electron chi connectivity index (χ0n) is 13.3. The van der Waals surface area contributed by atoms with Gasteiger partial charge in [-0.1, -0.05) is 6.07 Å². The zero-order valence-corrected chi connectivity index (χ0v) is 13.3. The summed E-state index contributed by atoms with van der Waals surface area (Å²) >= 11 is 0. The number of nitrogens with one attached hydrogen (secondary N) is 1. The predicted molar refractivity (Wildman–Crippen MR) is 83.9 cm³/mol. The fourth-order valence-corrected chi connectivity index (χ4v) is 2.71. The van der Waals surface area contributed by atoms with Gasteiger partial charge in [0.1, 0.15) is 0 Å². The third kappa shape index (κ3) is 4.53. The van der Waals surface area contributed by atoms with Crippen molar-refractivity contribution in [2.24, 2.45) is 5.92 Å². The van der Waals surface area contributed by atoms with Crippen LogP contribution in [0.1, 0.15) is 18.9 Å². The Kier molecular flexibility index (Phi) is 5.89. The van der Waals surface area contributed by atoms with Crippen LogP contribution < -0.4 is 5.32 Å². The lowest BCUT2D eigenvalue weighted by atomic mass is 10.1. The lowest BCUT2D eigenvalue weighted by Crippen LogP contribution is -2.39. The van der Waals surface area contributed by atoms with Crippen molar-refractivity contribution in [1.29, 1.82) is 0 Å². The summed E-state index contributed by atoms with van der Waals surface area (Å²) in [6, 6.07) is 3.89. The van der Waals surface area contributed by atoms with Crippen molar-refractivity contribution in [2.75, 3.05) is 33.2 Å². The van der Waals surface area contributed by atoms with Gasteiger partial charge >= 0.3 is 0 Å². The first-order valence-corrected chi connectivity index (χ1v) is 7.73. The molecule has 1 aliphatic heterocycles. The number of aromatic nitrogens is 1. The lowest BCUT2D eigenvalue weighted by molar-refractivity contribution is -0.131. The average Bonchev–Trinajstić information content (AvgIpc) is 2.98. The Bertz CT molecular complexity index is 506. The molecule has 0 saturated carbocycles. The third-order valence-electron chi connectivity index (χ3n) is 3.84. The van der Waals surface area contributed by atoms with Crippen molar-refractivity contribution in [3.05, 3.63) is 30.1 Å². The van der Waals surface area contributed by atoms with Gasteiger partial charge in [-0.3, -0.25) is 19.5 Å². The molecule has 22 heavy (non-hydrogen) atoms. The van der Waals surface area contributed by atoms with E-state index >= 15 is 0 Å². The van der Waals surface area contributed by atoms with Gasteiger partial charge in [-0.15, -0.1) is 0 Å². The van der Waals surface area contributed by atoms with Crippen LogP contribution >= 0.6 is 0 Å². The fourth-order valence-electron chi connectivity index (χ4n) is 2.71. The van der Waals surface area contributed by atoms with Crippen molar-refractivity contribution >= 4 is 11.8 Å². The maximum atomic E-state index is 12.3. The molecule has 1 unspecified atom stereocenters. The van der Waals surface area contributed by atoms with E-state index in [0.29, 0.717) is 32.7 Å². The summed E-state index contributed by atoms with van der Waals surface area (Å²) in [5, 5.41) is 2.83. The third-order valence-corrected chi connectivity index (χ3v) is 3.84. The van der Waals surface area contributed by atoms with Crippen LogP contribution in [-0.2, 0) is 16.1 Å². The average molecular weight is 304 g/mol. The largest absolute Gasteiger partial charge is 0.356 e. The zero-order chi connectivity index (χ0) is 15.9. The summed E-state index contributed by atoms with van der Waals surface area (Å²) in [6.07, 6.45) is 4.30. The van der Waals surface area contributed by atoms with Crippen molar-refractivity contribution < 1.29 is 9.59 Å². The molecule has 1 aromatic heterocycles. The second-order valence-electron chi connectivity index (χ2n) is 5.75. The van der Waals surface area contributed by atoms with Crippen LogP contribution in [0, 0.1) is 5.92 Å². The summed E-state index contributed by atoms with van der Waals surface area (Å²) in [7, 11) is 1.92. The van der Waals surface area contributed by atoms with Gasteiger partial charge in [0.25, 0.3) is 0 Å². The Labute approximate surface area is 131 Å². The molecule has 1 N–H and O–H groups in total. The quantitative estimate of drug-likeness (QED) is 0.831. The molecular formula is C16H24N4O2. The number of hydrogen-bond donors (Lipinski definition) is 1. The van der Waals surface area contributed by atoms with Crippen LogP contribution in [-0.4, -0.2) is 59.8 Å². The molecular weight excluding hydrogens is 280 g/mol. The van der Waals surface area contributed by atoms with Crippen molar-refractivity contribution in [1.82, 2.24) is 20.1 Å². The number of carbonyl (C=O) groups excluding carboxylic acids is 2. The molecule has 1 aromatic rings. The molecule has 1 atom stereocenters. The molecule has 1 fully saturated rings. The summed E-state index contributed by atoms with van der Waals surface area (Å²) in [5.41, 5.74) is 1.08. The predicted octanol–water partition coefficient (Wildman–Crippen LogP) is 0.498. The standard InChI is InChI=1S/C16H24N4O2/c1-3-18-16(22)14-6-8-20(11-14)15(21)12-19(2)10-13-5-4-7-17-9-13/h4-5,7,9,14H,3,6,8,10-12H2,1-2H3,(H,18,22). The van der Waals surface area contributed by atoms with E-state index in [0.717, 1.165) is 12.0 Å². The van der Waals surface area contributed by atoms with Gasteiger partial charge in [-0.25, -0.2) is 0 Å². The molecule has 0 aromatic carbocycles. The number of likely N-dealkylation sites (tertiary alicyclic amines) is 1. The molecule has 1 saturated heterocycles. The molecule has 2 amide bonds. The van der Waals surface area contributed by atoms with Crippen LogP contribution in [0.2, 0.25) is 0 Å². The van der Waals surface area contributed by atoms with Gasteiger partial charge in [0.2, 0.25) is 11.8 Å². The van der Waals surface area contributed by atoms with Crippen LogP contribution in [0.4, 0.5) is 0 Å². The Balaban J connectivity index is 1.79. The number of nitrogens with zero attached hydrogens (tertiary/aromatic N) is 3. The SMILES string of the molecule is CCNC(=O)C1CCN(C(=O)CN(C)Cc2cccnc2)C1. The highest BCUT2D eigenvalue weighted by Gasteiger charge is 2.30. The molecule has 0 aliphatic carbocycles. The minimum atomic E-state index is -0.0625. The minimum absolute atomic E-state index is 0.0570. The van der Waals surface area contributed by atoms with Crippen LogP contribution in [0.15, 0.2) is 24.5 Å². The minimum Gasteiger partial charge on any atom is -0.356 e. The smallest absolute Gasteiger partial charge is 0.236 e. The van der Waals surface area contributed by atoms with Gasteiger partial charge < -0.3 is 10.2 Å². The van der Waals surface area contributed by atoms with E-state index in [1.54, 1.807) is 11.1 Å². The summed E-state index contributed by atoms with van der Waals surface area (Å²) in [5.74, 6) is 0.0761. The normalized spacial score (nSPS) is 17.8. The van der Waals surface area contributed by atoms with Crippen LogP contribution in [0.3, 0.4) is 0 Å². The van der Waals surface area contributed by atoms with Crippen LogP contribution in [0.25, 0.3) is 0 Å². The van der Waals surface area contributed by atoms with Crippen molar-refractivity contribution in [3.63, 3.8) is 0 Å². The van der Waals surface area contributed by atoms with Crippen molar-refractivity contribution in [2.45, 2.75) is 19.9 Å². The Hall–Kier alpha value is -1.95. The number of hydrogen-bond acceptors (Lipinski definition) is 4. The molecule has 1 aliphatic rings. The molecule has 2 heterocycles. The summed E-state index contributed by atoms with van der Waals surface area (Å²) < 4.78 is 0. The first-order valence-electron chi connectivity index (χ1n) is 7.73. The lowest BCUT2D eigenvalue weighted by Gasteiger charge is -2.21. The van der Waals surface area contributed by atoms with E-state index < -0.39 is 0 Å². The number of likely N-dealkylation sites (N-methyl/N-ethyl adjacent to an activating group) is 1. The summed E-state index contributed by atoms with van der Waals surface area (Å²) in [6.45, 7) is 4.79. The Morgan fingerprint density at radius 1 is 1.50 bits per heavy atom. The fraction of sp³-hybridized carbons (Fsp3) is 0.562. The number of carbonyl (C=O) groups is 2. The Morgan fingerprint density at radius 2 is 2.32 bits per heavy atom. The molecule has 6 nitrogen and oxygen atoms in total. The number of pyridine rings is 1. The molecule has 2 rings (SSSR count). The topological polar surface area (TPSA) is 65.5 Å². The molecule has 0 radical (unpaired) electrons. The van der Waals surface area contributed by atoms with E-state index in [1.807, 2.05) is 37.2 Å². The van der Waals surface area contributed by atoms with Crippen LogP contribution in [0.5, 0.6) is 0 Å². The van der Waals surface area contributed by atoms with Gasteiger partial charge in [-0.2, -0.15) is 0 Å². The van der Waals surface area contributed by atoms with Gasteiger partial charge in [0, 0.05) is 38.6 Å². The van der Waals surface area contributed by atoms with Gasteiger partial charge in [0.15, 0.2) is 0 Å². The maximum Gasteiger partial charge on any atom is 0.236 e. The van der Waals surface area contributed by atoms with E-state index in [9.17, 15) is 9.59 Å². The monoisotopic (exact) mass is 304 g/mol.